The van der Waals surface area contributed by atoms with Gasteiger partial charge >= 0.3 is 0 Å². The van der Waals surface area contributed by atoms with E-state index in [0.717, 1.165) is 11.6 Å². The molecule has 0 amide bonds. The van der Waals surface area contributed by atoms with Crippen LogP contribution in [0.4, 0.5) is 11.6 Å². The van der Waals surface area contributed by atoms with Crippen molar-refractivity contribution in [3.8, 4) is 0 Å². The van der Waals surface area contributed by atoms with Crippen molar-refractivity contribution in [2.45, 2.75) is 31.7 Å². The number of rotatable bonds is 4. The molecule has 2 aromatic heterocycles. The summed E-state index contributed by atoms with van der Waals surface area (Å²) in [7, 11) is 0. The molecule has 0 aliphatic heterocycles. The summed E-state index contributed by atoms with van der Waals surface area (Å²) in [6, 6.07) is 6.22. The molecule has 1 aliphatic carbocycles. The number of nitrogens with two attached hydrogens (primary N) is 1. The lowest BCUT2D eigenvalue weighted by molar-refractivity contribution is 0.871. The molecule has 0 spiro atoms. The molecule has 3 rings (SSSR count). The van der Waals surface area contributed by atoms with Crippen LogP contribution in [0, 0.1) is 0 Å². The van der Waals surface area contributed by atoms with Crippen molar-refractivity contribution in [2.24, 2.45) is 0 Å². The van der Waals surface area contributed by atoms with Crippen LogP contribution in [-0.4, -0.2) is 9.97 Å². The highest BCUT2D eigenvalue weighted by atomic mass is 32.1. The smallest absolute Gasteiger partial charge is 0.136 e. The van der Waals surface area contributed by atoms with Gasteiger partial charge in [0.15, 0.2) is 0 Å². The van der Waals surface area contributed by atoms with Crippen LogP contribution in [0.25, 0.3) is 0 Å². The molecule has 3 N–H and O–H groups in total. The van der Waals surface area contributed by atoms with E-state index < -0.39 is 0 Å². The summed E-state index contributed by atoms with van der Waals surface area (Å²) in [6.07, 6.45) is 2.37. The topological polar surface area (TPSA) is 63.8 Å². The average molecular weight is 260 g/mol. The molecule has 1 unspecified atom stereocenters. The Balaban J connectivity index is 1.79. The highest BCUT2D eigenvalue weighted by Crippen LogP contribution is 2.38. The zero-order chi connectivity index (χ0) is 12.5. The van der Waals surface area contributed by atoms with Crippen LogP contribution in [0.5, 0.6) is 0 Å². The zero-order valence-corrected chi connectivity index (χ0v) is 11.1. The van der Waals surface area contributed by atoms with E-state index in [-0.39, 0.29) is 6.04 Å². The molecule has 1 fully saturated rings. The third kappa shape index (κ3) is 2.46. The number of nitrogens with zero attached hydrogens (tertiary/aromatic N) is 2. The quantitative estimate of drug-likeness (QED) is 0.886. The molecule has 0 aromatic carbocycles. The number of thiophene rings is 1. The number of nitrogens with one attached hydrogen (secondary N) is 1. The first-order valence-corrected chi connectivity index (χ1v) is 7.05. The van der Waals surface area contributed by atoms with Crippen molar-refractivity contribution in [3.63, 3.8) is 0 Å². The molecule has 1 atom stereocenters. The second-order valence-corrected chi connectivity index (χ2v) is 5.67. The van der Waals surface area contributed by atoms with E-state index >= 15 is 0 Å². The van der Waals surface area contributed by atoms with Crippen LogP contribution < -0.4 is 11.1 Å². The van der Waals surface area contributed by atoms with E-state index in [1.54, 1.807) is 17.4 Å². The van der Waals surface area contributed by atoms with Crippen LogP contribution >= 0.6 is 11.3 Å². The second kappa shape index (κ2) is 4.57. The Morgan fingerprint density at radius 2 is 2.28 bits per heavy atom. The van der Waals surface area contributed by atoms with Gasteiger partial charge in [0.1, 0.15) is 17.5 Å². The Kier molecular flexibility index (Phi) is 2.91. The van der Waals surface area contributed by atoms with E-state index in [0.29, 0.717) is 11.7 Å². The van der Waals surface area contributed by atoms with E-state index in [9.17, 15) is 0 Å². The summed E-state index contributed by atoms with van der Waals surface area (Å²) in [5.74, 6) is 2.78. The van der Waals surface area contributed by atoms with Gasteiger partial charge in [-0.25, -0.2) is 9.97 Å². The molecule has 2 aromatic rings. The first-order chi connectivity index (χ1) is 8.72. The van der Waals surface area contributed by atoms with Crippen molar-refractivity contribution in [1.82, 2.24) is 9.97 Å². The van der Waals surface area contributed by atoms with Gasteiger partial charge in [0.2, 0.25) is 0 Å². The molecule has 18 heavy (non-hydrogen) atoms. The molecule has 1 aliphatic rings. The Morgan fingerprint density at radius 3 is 2.94 bits per heavy atom. The van der Waals surface area contributed by atoms with Gasteiger partial charge in [-0.2, -0.15) is 0 Å². The maximum absolute atomic E-state index is 5.83. The minimum Gasteiger partial charge on any atom is -0.384 e. The maximum atomic E-state index is 5.83. The van der Waals surface area contributed by atoms with Gasteiger partial charge < -0.3 is 11.1 Å². The van der Waals surface area contributed by atoms with Crippen LogP contribution in [0.2, 0.25) is 0 Å². The summed E-state index contributed by atoms with van der Waals surface area (Å²) in [4.78, 5) is 10.1. The van der Waals surface area contributed by atoms with Gasteiger partial charge in [-0.1, -0.05) is 6.07 Å². The Morgan fingerprint density at radius 1 is 1.44 bits per heavy atom. The number of nitrogen functional groups attached to an aromatic ring is 1. The van der Waals surface area contributed by atoms with Crippen molar-refractivity contribution in [1.29, 1.82) is 0 Å². The van der Waals surface area contributed by atoms with Gasteiger partial charge in [-0.05, 0) is 31.2 Å². The monoisotopic (exact) mass is 260 g/mol. The molecule has 0 radical (unpaired) electrons. The lowest BCUT2D eigenvalue weighted by atomic mass is 10.2. The standard InChI is InChI=1S/C13H16N4S/c1-8(10-3-2-6-18-10)15-12-7-11(14)16-13(17-12)9-4-5-9/h2-3,6-9H,4-5H2,1H3,(H3,14,15,16,17). The van der Waals surface area contributed by atoms with E-state index in [1.807, 2.05) is 0 Å². The van der Waals surface area contributed by atoms with Crippen molar-refractivity contribution >= 4 is 23.0 Å². The third-order valence-electron chi connectivity index (χ3n) is 3.04. The summed E-state index contributed by atoms with van der Waals surface area (Å²) in [6.45, 7) is 2.13. The predicted octanol–water partition coefficient (Wildman–Crippen LogP) is 3.17. The highest BCUT2D eigenvalue weighted by molar-refractivity contribution is 7.10. The van der Waals surface area contributed by atoms with E-state index in [2.05, 4.69) is 39.7 Å². The van der Waals surface area contributed by atoms with Gasteiger partial charge in [0.05, 0.1) is 6.04 Å². The maximum Gasteiger partial charge on any atom is 0.136 e. The molecular weight excluding hydrogens is 244 g/mol. The minimum absolute atomic E-state index is 0.242. The molecular formula is C13H16N4S. The summed E-state index contributed by atoms with van der Waals surface area (Å²) < 4.78 is 0. The van der Waals surface area contributed by atoms with Crippen molar-refractivity contribution < 1.29 is 0 Å². The first-order valence-electron chi connectivity index (χ1n) is 6.17. The third-order valence-corrected chi connectivity index (χ3v) is 4.10. The molecule has 5 heteroatoms. The normalized spacial score (nSPS) is 16.5. The van der Waals surface area contributed by atoms with E-state index in [4.69, 9.17) is 5.73 Å². The van der Waals surface area contributed by atoms with Crippen LogP contribution in [0.15, 0.2) is 23.6 Å². The Hall–Kier alpha value is -1.62. The highest BCUT2D eigenvalue weighted by Gasteiger charge is 2.27. The molecule has 0 bridgehead atoms. The zero-order valence-electron chi connectivity index (χ0n) is 10.3. The number of aromatic nitrogens is 2. The Bertz CT molecular complexity index is 534. The first kappa shape index (κ1) is 11.5. The summed E-state index contributed by atoms with van der Waals surface area (Å²) >= 11 is 1.74. The van der Waals surface area contributed by atoms with Crippen LogP contribution in [0.3, 0.4) is 0 Å². The largest absolute Gasteiger partial charge is 0.384 e. The fourth-order valence-electron chi connectivity index (χ4n) is 1.91. The summed E-state index contributed by atoms with van der Waals surface area (Å²) in [5.41, 5.74) is 5.83. The molecule has 1 saturated carbocycles. The van der Waals surface area contributed by atoms with Gasteiger partial charge in [-0.3, -0.25) is 0 Å². The molecule has 0 saturated heterocycles. The lowest BCUT2D eigenvalue weighted by Gasteiger charge is -2.13. The van der Waals surface area contributed by atoms with E-state index in [1.165, 1.54) is 17.7 Å². The number of hydrogen-bond donors (Lipinski definition) is 2. The van der Waals surface area contributed by atoms with Crippen LogP contribution in [0.1, 0.15) is 42.4 Å². The fraction of sp³-hybridized carbons (Fsp3) is 0.385. The Labute approximate surface area is 110 Å². The molecule has 2 heterocycles. The average Bonchev–Trinajstić information content (AvgIpc) is 3.03. The van der Waals surface area contributed by atoms with Crippen LogP contribution in [-0.2, 0) is 0 Å². The van der Waals surface area contributed by atoms with Crippen molar-refractivity contribution in [3.05, 3.63) is 34.3 Å². The number of hydrogen-bond acceptors (Lipinski definition) is 5. The SMILES string of the molecule is CC(Nc1cc(N)nc(C2CC2)n1)c1cccs1. The van der Waals surface area contributed by atoms with Gasteiger partial charge in [0.25, 0.3) is 0 Å². The fourth-order valence-corrected chi connectivity index (χ4v) is 2.65. The molecule has 4 nitrogen and oxygen atoms in total. The summed E-state index contributed by atoms with van der Waals surface area (Å²) in [5, 5.41) is 5.47. The number of anilines is 2. The second-order valence-electron chi connectivity index (χ2n) is 4.69. The molecule has 94 valence electrons. The van der Waals surface area contributed by atoms with Gasteiger partial charge in [-0.15, -0.1) is 11.3 Å². The van der Waals surface area contributed by atoms with Crippen molar-refractivity contribution in [2.75, 3.05) is 11.1 Å². The minimum atomic E-state index is 0.242. The lowest BCUT2D eigenvalue weighted by Crippen LogP contribution is -2.09. The predicted molar refractivity (Wildman–Crippen MR) is 74.8 cm³/mol. The van der Waals surface area contributed by atoms with Gasteiger partial charge in [0, 0.05) is 16.9 Å².